The van der Waals surface area contributed by atoms with Crippen LogP contribution >= 0.6 is 0 Å². The van der Waals surface area contributed by atoms with Gasteiger partial charge in [0.25, 0.3) is 5.91 Å². The van der Waals surface area contributed by atoms with E-state index < -0.39 is 0 Å². The second kappa shape index (κ2) is 10.4. The summed E-state index contributed by atoms with van der Waals surface area (Å²) in [7, 11) is 3.96. The Morgan fingerprint density at radius 3 is 2.67 bits per heavy atom. The van der Waals surface area contributed by atoms with Gasteiger partial charge >= 0.3 is 6.01 Å². The van der Waals surface area contributed by atoms with E-state index in [0.29, 0.717) is 30.9 Å². The highest BCUT2D eigenvalue weighted by molar-refractivity contribution is 6.03. The van der Waals surface area contributed by atoms with Crippen LogP contribution in [0.15, 0.2) is 35.2 Å². The molecule has 0 radical (unpaired) electrons. The zero-order chi connectivity index (χ0) is 19.6. The second-order valence-electron chi connectivity index (χ2n) is 6.21. The largest absolute Gasteiger partial charge is 0.432 e. The molecule has 9 nitrogen and oxygen atoms in total. The summed E-state index contributed by atoms with van der Waals surface area (Å²) in [5, 5.41) is 5.64. The van der Waals surface area contributed by atoms with E-state index in [2.05, 4.69) is 20.6 Å². The number of pyridine rings is 1. The molecule has 27 heavy (non-hydrogen) atoms. The molecular formula is C18H26N6O3. The van der Waals surface area contributed by atoms with Crippen LogP contribution in [0.4, 0.5) is 6.01 Å². The van der Waals surface area contributed by atoms with Gasteiger partial charge in [-0.15, -0.1) is 0 Å². The minimum Gasteiger partial charge on any atom is -0.432 e. The van der Waals surface area contributed by atoms with E-state index in [1.807, 2.05) is 25.9 Å². The van der Waals surface area contributed by atoms with Crippen molar-refractivity contribution in [3.8, 4) is 0 Å². The molecule has 0 aliphatic carbocycles. The van der Waals surface area contributed by atoms with Crippen molar-refractivity contribution < 1.29 is 14.0 Å². The summed E-state index contributed by atoms with van der Waals surface area (Å²) in [6.07, 6.45) is 4.39. The number of oxazole rings is 1. The third kappa shape index (κ3) is 6.80. The maximum absolute atomic E-state index is 12.3. The van der Waals surface area contributed by atoms with Crippen molar-refractivity contribution in [3.63, 3.8) is 0 Å². The molecule has 2 heterocycles. The van der Waals surface area contributed by atoms with Crippen LogP contribution in [-0.2, 0) is 11.3 Å². The first-order chi connectivity index (χ1) is 13.0. The molecule has 0 aromatic carbocycles. The molecule has 0 spiro atoms. The fourth-order valence-corrected chi connectivity index (χ4v) is 2.36. The molecule has 2 rings (SSSR count). The van der Waals surface area contributed by atoms with E-state index >= 15 is 0 Å². The molecule has 146 valence electrons. The number of carbonyl (C=O) groups excluding carboxylic acids is 2. The smallest absolute Gasteiger partial charge is 0.301 e. The normalized spacial score (nSPS) is 10.8. The molecule has 9 heteroatoms. The van der Waals surface area contributed by atoms with Crippen molar-refractivity contribution in [2.75, 3.05) is 45.6 Å². The average molecular weight is 374 g/mol. The van der Waals surface area contributed by atoms with Gasteiger partial charge in [0.15, 0.2) is 0 Å². The molecule has 0 aliphatic rings. The van der Waals surface area contributed by atoms with Crippen LogP contribution in [0.3, 0.4) is 0 Å². The Balaban J connectivity index is 1.83. The molecule has 2 aromatic heterocycles. The zero-order valence-electron chi connectivity index (χ0n) is 15.9. The standard InChI is InChI=1S/C18H26N6O3/c1-4-24(9-8-23(2)3)16(25)13-19-12-15-11-14(5-6-20-15)17(26)22-18-21-7-10-27-18/h5-7,10-11,19H,4,8-9,12-13H2,1-3H3,(H,21,22,26). The lowest BCUT2D eigenvalue weighted by atomic mass is 10.2. The molecule has 0 saturated heterocycles. The lowest BCUT2D eigenvalue weighted by Crippen LogP contribution is -2.41. The summed E-state index contributed by atoms with van der Waals surface area (Å²) in [5.74, 6) is -0.296. The molecule has 0 bridgehead atoms. The summed E-state index contributed by atoms with van der Waals surface area (Å²) in [6.45, 7) is 4.75. The Bertz CT molecular complexity index is 732. The quantitative estimate of drug-likeness (QED) is 0.634. The lowest BCUT2D eigenvalue weighted by Gasteiger charge is -2.23. The maximum atomic E-state index is 12.3. The van der Waals surface area contributed by atoms with E-state index in [0.717, 1.165) is 6.54 Å². The molecule has 0 atom stereocenters. The molecule has 2 aromatic rings. The van der Waals surface area contributed by atoms with Gasteiger partial charge in [0.1, 0.15) is 6.26 Å². The van der Waals surface area contributed by atoms with E-state index in [1.165, 1.54) is 12.5 Å². The molecule has 2 N–H and O–H groups in total. The highest BCUT2D eigenvalue weighted by atomic mass is 16.4. The van der Waals surface area contributed by atoms with Gasteiger partial charge in [0.2, 0.25) is 5.91 Å². The molecule has 2 amide bonds. The monoisotopic (exact) mass is 374 g/mol. The van der Waals surface area contributed by atoms with Gasteiger partial charge in [0.05, 0.1) is 18.4 Å². The second-order valence-corrected chi connectivity index (χ2v) is 6.21. The Kier molecular flexibility index (Phi) is 7.90. The number of nitrogens with zero attached hydrogens (tertiary/aromatic N) is 4. The maximum Gasteiger partial charge on any atom is 0.301 e. The topological polar surface area (TPSA) is 104 Å². The van der Waals surface area contributed by atoms with Crippen LogP contribution < -0.4 is 10.6 Å². The van der Waals surface area contributed by atoms with Gasteiger partial charge in [-0.1, -0.05) is 0 Å². The molecule has 0 aliphatic heterocycles. The Morgan fingerprint density at radius 2 is 2.00 bits per heavy atom. The molecular weight excluding hydrogens is 348 g/mol. The fraction of sp³-hybridized carbons (Fsp3) is 0.444. The van der Waals surface area contributed by atoms with E-state index in [-0.39, 0.29) is 24.4 Å². The highest BCUT2D eigenvalue weighted by Crippen LogP contribution is 2.07. The van der Waals surface area contributed by atoms with Crippen LogP contribution in [0.1, 0.15) is 23.0 Å². The Hall–Kier alpha value is -2.78. The van der Waals surface area contributed by atoms with Crippen molar-refractivity contribution in [1.29, 1.82) is 0 Å². The van der Waals surface area contributed by atoms with Crippen molar-refractivity contribution in [1.82, 2.24) is 25.1 Å². The first-order valence-electron chi connectivity index (χ1n) is 8.78. The Labute approximate surface area is 158 Å². The molecule has 0 unspecified atom stereocenters. The van der Waals surface area contributed by atoms with Gasteiger partial charge in [-0.25, -0.2) is 4.98 Å². The lowest BCUT2D eigenvalue weighted by molar-refractivity contribution is -0.130. The van der Waals surface area contributed by atoms with Crippen molar-refractivity contribution in [2.24, 2.45) is 0 Å². The van der Waals surface area contributed by atoms with Crippen molar-refractivity contribution >= 4 is 17.8 Å². The van der Waals surface area contributed by atoms with Crippen LogP contribution in [0, 0.1) is 0 Å². The summed E-state index contributed by atoms with van der Waals surface area (Å²) in [5.41, 5.74) is 1.10. The minimum atomic E-state index is -0.335. The summed E-state index contributed by atoms with van der Waals surface area (Å²) >= 11 is 0. The number of aromatic nitrogens is 2. The zero-order valence-corrected chi connectivity index (χ0v) is 15.9. The predicted molar refractivity (Wildman–Crippen MR) is 101 cm³/mol. The first-order valence-corrected chi connectivity index (χ1v) is 8.78. The summed E-state index contributed by atoms with van der Waals surface area (Å²) < 4.78 is 5.00. The number of nitrogens with one attached hydrogen (secondary N) is 2. The van der Waals surface area contributed by atoms with Crippen LogP contribution in [0.5, 0.6) is 0 Å². The molecule has 0 saturated carbocycles. The average Bonchev–Trinajstić information content (AvgIpc) is 3.15. The fourth-order valence-electron chi connectivity index (χ4n) is 2.36. The van der Waals surface area contributed by atoms with Gasteiger partial charge in [-0.3, -0.25) is 19.9 Å². The third-order valence-electron chi connectivity index (χ3n) is 3.87. The third-order valence-corrected chi connectivity index (χ3v) is 3.87. The number of hydrogen-bond donors (Lipinski definition) is 2. The van der Waals surface area contributed by atoms with Gasteiger partial charge in [-0.05, 0) is 33.2 Å². The molecule has 0 fully saturated rings. The number of rotatable bonds is 10. The van der Waals surface area contributed by atoms with Crippen LogP contribution in [-0.4, -0.2) is 71.9 Å². The number of hydrogen-bond acceptors (Lipinski definition) is 7. The highest BCUT2D eigenvalue weighted by Gasteiger charge is 2.12. The van der Waals surface area contributed by atoms with E-state index in [9.17, 15) is 9.59 Å². The summed E-state index contributed by atoms with van der Waals surface area (Å²) in [4.78, 5) is 36.4. The predicted octanol–water partition coefficient (Wildman–Crippen LogP) is 0.822. The van der Waals surface area contributed by atoms with Crippen molar-refractivity contribution in [2.45, 2.75) is 13.5 Å². The van der Waals surface area contributed by atoms with Crippen LogP contribution in [0.2, 0.25) is 0 Å². The van der Waals surface area contributed by atoms with Gasteiger partial charge in [0, 0.05) is 37.9 Å². The summed E-state index contributed by atoms with van der Waals surface area (Å²) in [6, 6.07) is 3.41. The number of anilines is 1. The van der Waals surface area contributed by atoms with E-state index in [4.69, 9.17) is 4.42 Å². The Morgan fingerprint density at radius 1 is 1.19 bits per heavy atom. The number of amides is 2. The SMILES string of the molecule is CCN(CCN(C)C)C(=O)CNCc1cc(C(=O)Nc2ncco2)ccn1. The first kappa shape index (κ1) is 20.5. The van der Waals surface area contributed by atoms with Gasteiger partial charge < -0.3 is 19.5 Å². The van der Waals surface area contributed by atoms with E-state index in [1.54, 1.807) is 23.2 Å². The number of likely N-dealkylation sites (N-methyl/N-ethyl adjacent to an activating group) is 2. The van der Waals surface area contributed by atoms with Gasteiger partial charge in [-0.2, -0.15) is 0 Å². The van der Waals surface area contributed by atoms with Crippen molar-refractivity contribution in [3.05, 3.63) is 42.0 Å². The van der Waals surface area contributed by atoms with Crippen LogP contribution in [0.25, 0.3) is 0 Å². The minimum absolute atomic E-state index is 0.0390. The number of carbonyl (C=O) groups is 2.